The molecule has 0 saturated heterocycles. The van der Waals surface area contributed by atoms with E-state index in [1.807, 2.05) is 6.08 Å². The van der Waals surface area contributed by atoms with Gasteiger partial charge in [-0.1, -0.05) is 37.3 Å². The number of benzene rings is 1. The Kier molecular flexibility index (Phi) is 4.97. The summed E-state index contributed by atoms with van der Waals surface area (Å²) in [5.74, 6) is 0. The molecule has 1 N–H and O–H groups in total. The molecule has 1 aliphatic rings. The van der Waals surface area contributed by atoms with Crippen molar-refractivity contribution in [2.75, 3.05) is 26.2 Å². The summed E-state index contributed by atoms with van der Waals surface area (Å²) in [6, 6.07) is 9.30. The maximum absolute atomic E-state index is 3.86. The molecule has 1 heterocycles. The van der Waals surface area contributed by atoms with Gasteiger partial charge in [0.1, 0.15) is 0 Å². The molecule has 0 amide bonds. The van der Waals surface area contributed by atoms with Gasteiger partial charge in [-0.3, -0.25) is 4.90 Å². The summed E-state index contributed by atoms with van der Waals surface area (Å²) in [5.41, 5.74) is 2.99. The van der Waals surface area contributed by atoms with Crippen LogP contribution in [0.4, 0.5) is 0 Å². The normalized spacial score (nSPS) is 18.7. The van der Waals surface area contributed by atoms with Crippen molar-refractivity contribution in [2.24, 2.45) is 0 Å². The van der Waals surface area contributed by atoms with Crippen LogP contribution in [0, 0.1) is 0 Å². The number of nitrogens with zero attached hydrogens (tertiary/aromatic N) is 1. The molecule has 0 spiro atoms. The van der Waals surface area contributed by atoms with Crippen LogP contribution in [0.25, 0.3) is 0 Å². The molecular weight excluding hydrogens is 220 g/mol. The predicted octanol–water partition coefficient (Wildman–Crippen LogP) is 2.77. The van der Waals surface area contributed by atoms with Crippen LogP contribution in [-0.4, -0.2) is 31.1 Å². The van der Waals surface area contributed by atoms with Gasteiger partial charge in [-0.25, -0.2) is 0 Å². The molecule has 1 atom stereocenters. The number of rotatable bonds is 6. The van der Waals surface area contributed by atoms with E-state index in [0.29, 0.717) is 6.04 Å². The van der Waals surface area contributed by atoms with Gasteiger partial charge >= 0.3 is 0 Å². The molecule has 1 aliphatic heterocycles. The quantitative estimate of drug-likeness (QED) is 0.774. The minimum absolute atomic E-state index is 0.474. The number of hydrogen-bond donors (Lipinski definition) is 1. The summed E-state index contributed by atoms with van der Waals surface area (Å²) >= 11 is 0. The van der Waals surface area contributed by atoms with Gasteiger partial charge in [0.2, 0.25) is 0 Å². The van der Waals surface area contributed by atoms with Crippen LogP contribution in [0.5, 0.6) is 0 Å². The van der Waals surface area contributed by atoms with E-state index in [4.69, 9.17) is 0 Å². The number of hydrogen-bond acceptors (Lipinski definition) is 2. The molecule has 2 heteroatoms. The Bertz CT molecular complexity index is 386. The molecule has 1 aromatic carbocycles. The van der Waals surface area contributed by atoms with Gasteiger partial charge in [-0.15, -0.1) is 6.58 Å². The van der Waals surface area contributed by atoms with Crippen LogP contribution < -0.4 is 5.32 Å². The van der Waals surface area contributed by atoms with E-state index in [1.165, 1.54) is 17.5 Å². The maximum Gasteiger partial charge on any atom is 0.0452 e. The summed E-state index contributed by atoms with van der Waals surface area (Å²) < 4.78 is 0. The topological polar surface area (TPSA) is 15.3 Å². The van der Waals surface area contributed by atoms with Crippen LogP contribution in [-0.2, 0) is 6.42 Å². The lowest BCUT2D eigenvalue weighted by Crippen LogP contribution is -2.39. The first-order chi connectivity index (χ1) is 8.85. The van der Waals surface area contributed by atoms with Gasteiger partial charge < -0.3 is 5.32 Å². The zero-order chi connectivity index (χ0) is 12.8. The average molecular weight is 244 g/mol. The van der Waals surface area contributed by atoms with Gasteiger partial charge in [0.25, 0.3) is 0 Å². The van der Waals surface area contributed by atoms with Crippen molar-refractivity contribution >= 4 is 0 Å². The van der Waals surface area contributed by atoms with Crippen molar-refractivity contribution in [3.8, 4) is 0 Å². The zero-order valence-corrected chi connectivity index (χ0v) is 11.4. The van der Waals surface area contributed by atoms with E-state index in [1.54, 1.807) is 0 Å². The zero-order valence-electron chi connectivity index (χ0n) is 11.4. The Morgan fingerprint density at radius 1 is 1.44 bits per heavy atom. The minimum Gasteiger partial charge on any atom is -0.309 e. The molecule has 0 fully saturated rings. The first-order valence-corrected chi connectivity index (χ1v) is 6.99. The third-order valence-electron chi connectivity index (χ3n) is 3.58. The molecule has 2 nitrogen and oxygen atoms in total. The standard InChI is InChI=1S/C16H24N2/c1-3-11-18(12-4-2)13-16-15-8-6-5-7-14(15)9-10-17-16/h3,5-8,16-17H,1,4,9-13H2,2H3. The fraction of sp³-hybridized carbons (Fsp3) is 0.500. The van der Waals surface area contributed by atoms with Gasteiger partial charge in [0.15, 0.2) is 0 Å². The van der Waals surface area contributed by atoms with Crippen LogP contribution in [0.15, 0.2) is 36.9 Å². The fourth-order valence-corrected chi connectivity index (χ4v) is 2.77. The largest absolute Gasteiger partial charge is 0.309 e. The van der Waals surface area contributed by atoms with Crippen molar-refractivity contribution in [2.45, 2.75) is 25.8 Å². The Hall–Kier alpha value is -1.12. The van der Waals surface area contributed by atoms with E-state index in [-0.39, 0.29) is 0 Å². The molecule has 0 radical (unpaired) electrons. The van der Waals surface area contributed by atoms with Gasteiger partial charge in [0, 0.05) is 19.1 Å². The lowest BCUT2D eigenvalue weighted by atomic mass is 9.94. The monoisotopic (exact) mass is 244 g/mol. The highest BCUT2D eigenvalue weighted by Crippen LogP contribution is 2.23. The second kappa shape index (κ2) is 6.72. The first-order valence-electron chi connectivity index (χ1n) is 6.99. The molecule has 0 bridgehead atoms. The Balaban J connectivity index is 2.07. The predicted molar refractivity (Wildman–Crippen MR) is 77.8 cm³/mol. The summed E-state index contributed by atoms with van der Waals surface area (Å²) in [7, 11) is 0. The minimum atomic E-state index is 0.474. The van der Waals surface area contributed by atoms with Gasteiger partial charge in [-0.05, 0) is 37.1 Å². The average Bonchev–Trinajstić information content (AvgIpc) is 2.40. The molecule has 1 aromatic rings. The molecule has 0 saturated carbocycles. The molecule has 18 heavy (non-hydrogen) atoms. The third-order valence-corrected chi connectivity index (χ3v) is 3.58. The summed E-state index contributed by atoms with van der Waals surface area (Å²) in [6.07, 6.45) is 4.36. The van der Waals surface area contributed by atoms with E-state index >= 15 is 0 Å². The van der Waals surface area contributed by atoms with E-state index in [0.717, 1.165) is 32.6 Å². The molecule has 1 unspecified atom stereocenters. The fourth-order valence-electron chi connectivity index (χ4n) is 2.77. The van der Waals surface area contributed by atoms with Crippen LogP contribution in [0.1, 0.15) is 30.5 Å². The Labute approximate surface area is 111 Å². The smallest absolute Gasteiger partial charge is 0.0452 e. The highest BCUT2D eigenvalue weighted by Gasteiger charge is 2.20. The lowest BCUT2D eigenvalue weighted by Gasteiger charge is -2.31. The van der Waals surface area contributed by atoms with Crippen molar-refractivity contribution in [3.63, 3.8) is 0 Å². The first kappa shape index (κ1) is 13.3. The molecule has 0 aliphatic carbocycles. The lowest BCUT2D eigenvalue weighted by molar-refractivity contribution is 0.261. The highest BCUT2D eigenvalue weighted by atomic mass is 15.1. The molecule has 2 rings (SSSR count). The van der Waals surface area contributed by atoms with Crippen molar-refractivity contribution in [1.29, 1.82) is 0 Å². The van der Waals surface area contributed by atoms with Gasteiger partial charge in [-0.2, -0.15) is 0 Å². The molecular formula is C16H24N2. The van der Waals surface area contributed by atoms with Crippen molar-refractivity contribution < 1.29 is 0 Å². The second-order valence-electron chi connectivity index (χ2n) is 5.00. The maximum atomic E-state index is 3.86. The summed E-state index contributed by atoms with van der Waals surface area (Å²) in [5, 5.41) is 3.65. The van der Waals surface area contributed by atoms with Crippen LogP contribution >= 0.6 is 0 Å². The number of nitrogens with one attached hydrogen (secondary N) is 1. The van der Waals surface area contributed by atoms with E-state index in [2.05, 4.69) is 48.0 Å². The van der Waals surface area contributed by atoms with Crippen LogP contribution in [0.2, 0.25) is 0 Å². The van der Waals surface area contributed by atoms with Crippen molar-refractivity contribution in [3.05, 3.63) is 48.0 Å². The van der Waals surface area contributed by atoms with E-state index < -0.39 is 0 Å². The SMILES string of the molecule is C=CCN(CCC)CC1NCCc2ccccc21. The summed E-state index contributed by atoms with van der Waals surface area (Å²) in [6.45, 7) is 10.4. The molecule has 98 valence electrons. The van der Waals surface area contributed by atoms with E-state index in [9.17, 15) is 0 Å². The Morgan fingerprint density at radius 3 is 3.06 bits per heavy atom. The molecule has 0 aromatic heterocycles. The van der Waals surface area contributed by atoms with Gasteiger partial charge in [0.05, 0.1) is 0 Å². The highest BCUT2D eigenvalue weighted by molar-refractivity contribution is 5.32. The third kappa shape index (κ3) is 3.21. The summed E-state index contributed by atoms with van der Waals surface area (Å²) in [4.78, 5) is 2.48. The van der Waals surface area contributed by atoms with Crippen LogP contribution in [0.3, 0.4) is 0 Å². The second-order valence-corrected chi connectivity index (χ2v) is 5.00. The number of fused-ring (bicyclic) bond motifs is 1. The van der Waals surface area contributed by atoms with Crippen molar-refractivity contribution in [1.82, 2.24) is 10.2 Å². The Morgan fingerprint density at radius 2 is 2.28 bits per heavy atom.